The molecule has 7 heteroatoms. The Morgan fingerprint density at radius 1 is 1.21 bits per heavy atom. The number of thiophene rings is 1. The normalized spacial score (nSPS) is 16.0. The molecule has 0 aliphatic carbocycles. The van der Waals surface area contributed by atoms with Gasteiger partial charge in [0.25, 0.3) is 5.91 Å². The third kappa shape index (κ3) is 4.33. The Hall–Kier alpha value is -1.93. The lowest BCUT2D eigenvalue weighted by Gasteiger charge is -2.35. The molecule has 29 heavy (non-hydrogen) atoms. The van der Waals surface area contributed by atoms with E-state index in [1.165, 1.54) is 22.3 Å². The minimum absolute atomic E-state index is 0.0354. The lowest BCUT2D eigenvalue weighted by atomic mass is 9.94. The van der Waals surface area contributed by atoms with E-state index in [2.05, 4.69) is 58.2 Å². The molecule has 1 fully saturated rings. The maximum absolute atomic E-state index is 12.7. The molecule has 1 amide bonds. The highest BCUT2D eigenvalue weighted by atomic mass is 79.9. The molecule has 0 unspecified atom stereocenters. The molecule has 0 radical (unpaired) electrons. The highest BCUT2D eigenvalue weighted by molar-refractivity contribution is 9.10. The van der Waals surface area contributed by atoms with Crippen LogP contribution in [0.5, 0.6) is 0 Å². The van der Waals surface area contributed by atoms with E-state index in [0.717, 1.165) is 28.1 Å². The van der Waals surface area contributed by atoms with Crippen LogP contribution in [-0.4, -0.2) is 37.1 Å². The summed E-state index contributed by atoms with van der Waals surface area (Å²) < 4.78 is 11.9. The Morgan fingerprint density at radius 2 is 2.00 bits per heavy atom. The van der Waals surface area contributed by atoms with Gasteiger partial charge in [0.2, 0.25) is 0 Å². The number of nitrogens with one attached hydrogen (secondary N) is 1. The topological polar surface area (TPSA) is 54.7 Å². The average Bonchev–Trinajstić information content (AvgIpc) is 3.34. The fourth-order valence-electron chi connectivity index (χ4n) is 3.71. The van der Waals surface area contributed by atoms with Crippen molar-refractivity contribution in [1.29, 1.82) is 0 Å². The summed E-state index contributed by atoms with van der Waals surface area (Å²) in [5.41, 5.74) is 3.55. The van der Waals surface area contributed by atoms with Gasteiger partial charge in [0.05, 0.1) is 25.5 Å². The second kappa shape index (κ2) is 8.83. The summed E-state index contributed by atoms with van der Waals surface area (Å²) in [6.07, 6.45) is 1.51. The highest BCUT2D eigenvalue weighted by Gasteiger charge is 2.30. The van der Waals surface area contributed by atoms with Crippen LogP contribution in [-0.2, 0) is 4.74 Å². The van der Waals surface area contributed by atoms with Crippen LogP contribution in [0.1, 0.15) is 38.2 Å². The Kier molecular flexibility index (Phi) is 6.20. The van der Waals surface area contributed by atoms with Crippen molar-refractivity contribution in [1.82, 2.24) is 4.90 Å². The number of halogens is 1. The summed E-state index contributed by atoms with van der Waals surface area (Å²) in [4.78, 5) is 16.3. The number of amides is 1. The Labute approximate surface area is 182 Å². The molecule has 3 heterocycles. The fourth-order valence-corrected chi connectivity index (χ4v) is 5.22. The van der Waals surface area contributed by atoms with Gasteiger partial charge in [-0.25, -0.2) is 0 Å². The highest BCUT2D eigenvalue weighted by Crippen LogP contribution is 2.43. The maximum Gasteiger partial charge on any atom is 0.291 e. The van der Waals surface area contributed by atoms with Gasteiger partial charge < -0.3 is 14.5 Å². The summed E-state index contributed by atoms with van der Waals surface area (Å²) in [5.74, 6) is 0.0810. The molecule has 0 spiro atoms. The van der Waals surface area contributed by atoms with Crippen molar-refractivity contribution >= 4 is 38.2 Å². The smallest absolute Gasteiger partial charge is 0.291 e. The van der Waals surface area contributed by atoms with E-state index in [0.29, 0.717) is 19.0 Å². The molecule has 4 rings (SSSR count). The number of ether oxygens (including phenoxy) is 1. The molecular formula is C22H23BrN2O3S. The number of carbonyl (C=O) groups is 1. The van der Waals surface area contributed by atoms with Crippen molar-refractivity contribution in [2.24, 2.45) is 0 Å². The third-order valence-corrected chi connectivity index (χ3v) is 6.88. The van der Waals surface area contributed by atoms with Crippen molar-refractivity contribution in [3.8, 4) is 0 Å². The number of hydrogen-bond acceptors (Lipinski definition) is 5. The van der Waals surface area contributed by atoms with Crippen molar-refractivity contribution in [3.05, 3.63) is 74.5 Å². The van der Waals surface area contributed by atoms with Gasteiger partial charge in [0, 0.05) is 28.0 Å². The largest absolute Gasteiger partial charge is 0.459 e. The van der Waals surface area contributed by atoms with Crippen molar-refractivity contribution < 1.29 is 13.9 Å². The van der Waals surface area contributed by atoms with Crippen LogP contribution in [0.25, 0.3) is 0 Å². The van der Waals surface area contributed by atoms with Gasteiger partial charge in [0.1, 0.15) is 5.00 Å². The Balaban J connectivity index is 1.78. The van der Waals surface area contributed by atoms with Crippen LogP contribution in [0.2, 0.25) is 0 Å². The number of furan rings is 1. The Morgan fingerprint density at radius 3 is 2.69 bits per heavy atom. The van der Waals surface area contributed by atoms with Crippen LogP contribution in [0.4, 0.5) is 5.00 Å². The molecule has 1 atom stereocenters. The number of aryl methyl sites for hydroxylation is 1. The van der Waals surface area contributed by atoms with Crippen molar-refractivity contribution in [3.63, 3.8) is 0 Å². The first kappa shape index (κ1) is 20.3. The summed E-state index contributed by atoms with van der Waals surface area (Å²) in [6.45, 7) is 7.34. The number of morpholine rings is 1. The van der Waals surface area contributed by atoms with E-state index >= 15 is 0 Å². The van der Waals surface area contributed by atoms with E-state index in [9.17, 15) is 4.79 Å². The first-order valence-electron chi connectivity index (χ1n) is 9.56. The first-order valence-corrected chi connectivity index (χ1v) is 11.2. The standard InChI is InChI=1S/C22H23BrN2O3S/c1-14-15(2)29-22(24-21(26)18-7-4-10-28-18)19(14)20(25-8-11-27-12-9-25)16-5-3-6-17(23)13-16/h3-7,10,13,20H,8-9,11-12H2,1-2H3,(H,24,26)/t20-/m0/s1. The molecule has 0 bridgehead atoms. The SMILES string of the molecule is Cc1sc(NC(=O)c2ccco2)c([C@H](c2cccc(Br)c2)N2CCOCC2)c1C. The number of hydrogen-bond donors (Lipinski definition) is 1. The molecule has 0 saturated carbocycles. The van der Waals surface area contributed by atoms with Gasteiger partial charge in [-0.15, -0.1) is 11.3 Å². The molecular weight excluding hydrogens is 452 g/mol. The average molecular weight is 475 g/mol. The number of carbonyl (C=O) groups excluding carboxylic acids is 1. The van der Waals surface area contributed by atoms with Crippen LogP contribution >= 0.6 is 27.3 Å². The van der Waals surface area contributed by atoms with Crippen LogP contribution in [0, 0.1) is 13.8 Å². The quantitative estimate of drug-likeness (QED) is 0.538. The molecule has 1 aliphatic rings. The van der Waals surface area contributed by atoms with E-state index in [1.54, 1.807) is 23.5 Å². The molecule has 3 aromatic rings. The van der Waals surface area contributed by atoms with Gasteiger partial charge in [-0.2, -0.15) is 0 Å². The number of anilines is 1. The molecule has 1 N–H and O–H groups in total. The summed E-state index contributed by atoms with van der Waals surface area (Å²) >= 11 is 5.23. The monoisotopic (exact) mass is 474 g/mol. The molecule has 1 aromatic carbocycles. The van der Waals surface area contributed by atoms with E-state index in [1.807, 2.05) is 6.07 Å². The van der Waals surface area contributed by atoms with E-state index < -0.39 is 0 Å². The lowest BCUT2D eigenvalue weighted by molar-refractivity contribution is 0.0240. The van der Waals surface area contributed by atoms with Crippen LogP contribution in [0.3, 0.4) is 0 Å². The molecule has 5 nitrogen and oxygen atoms in total. The van der Waals surface area contributed by atoms with Gasteiger partial charge in [-0.05, 0) is 49.2 Å². The maximum atomic E-state index is 12.7. The minimum Gasteiger partial charge on any atom is -0.459 e. The molecule has 152 valence electrons. The first-order chi connectivity index (χ1) is 14.0. The predicted octanol–water partition coefficient (Wildman–Crippen LogP) is 5.39. The molecule has 1 aliphatic heterocycles. The lowest BCUT2D eigenvalue weighted by Crippen LogP contribution is -2.40. The van der Waals surface area contributed by atoms with Gasteiger partial charge in [-0.1, -0.05) is 28.1 Å². The number of nitrogens with zero attached hydrogens (tertiary/aromatic N) is 1. The van der Waals surface area contributed by atoms with Crippen molar-refractivity contribution in [2.75, 3.05) is 31.6 Å². The van der Waals surface area contributed by atoms with Crippen molar-refractivity contribution in [2.45, 2.75) is 19.9 Å². The van der Waals surface area contributed by atoms with Gasteiger partial charge in [-0.3, -0.25) is 9.69 Å². The van der Waals surface area contributed by atoms with Gasteiger partial charge in [0.15, 0.2) is 5.76 Å². The van der Waals surface area contributed by atoms with E-state index in [-0.39, 0.29) is 11.9 Å². The molecule has 2 aromatic heterocycles. The summed E-state index contributed by atoms with van der Waals surface area (Å²) in [6, 6.07) is 11.8. The summed E-state index contributed by atoms with van der Waals surface area (Å²) in [7, 11) is 0. The zero-order valence-electron chi connectivity index (χ0n) is 16.4. The third-order valence-electron chi connectivity index (χ3n) is 5.25. The van der Waals surface area contributed by atoms with Gasteiger partial charge >= 0.3 is 0 Å². The second-order valence-electron chi connectivity index (χ2n) is 7.06. The zero-order valence-corrected chi connectivity index (χ0v) is 18.8. The minimum atomic E-state index is -0.229. The number of rotatable bonds is 5. The van der Waals surface area contributed by atoms with E-state index in [4.69, 9.17) is 9.15 Å². The van der Waals surface area contributed by atoms with Crippen LogP contribution < -0.4 is 5.32 Å². The number of benzene rings is 1. The fraction of sp³-hybridized carbons (Fsp3) is 0.318. The second-order valence-corrected chi connectivity index (χ2v) is 9.20. The predicted molar refractivity (Wildman–Crippen MR) is 119 cm³/mol. The Bertz CT molecular complexity index is 994. The molecule has 1 saturated heterocycles. The van der Waals surface area contributed by atoms with Crippen LogP contribution in [0.15, 0.2) is 51.6 Å². The summed E-state index contributed by atoms with van der Waals surface area (Å²) in [5, 5.41) is 3.97. The zero-order chi connectivity index (χ0) is 20.4.